The van der Waals surface area contributed by atoms with E-state index in [-0.39, 0.29) is 36.6 Å². The molecule has 7 heteroatoms. The van der Waals surface area contributed by atoms with Crippen LogP contribution in [0.2, 0.25) is 0 Å². The molecule has 0 radical (unpaired) electrons. The maximum atomic E-state index is 13.0. The summed E-state index contributed by atoms with van der Waals surface area (Å²) in [6.45, 7) is 0.830. The molecule has 1 N–H and O–H groups in total. The summed E-state index contributed by atoms with van der Waals surface area (Å²) in [6.07, 6.45) is 0.835. The average molecular weight is 328 g/mol. The van der Waals surface area contributed by atoms with Gasteiger partial charge < -0.3 is 10.2 Å². The molecule has 0 saturated carbocycles. The highest BCUT2D eigenvalue weighted by atomic mass is 16.2. The van der Waals surface area contributed by atoms with Gasteiger partial charge in [0, 0.05) is 33.0 Å². The normalized spacial score (nSPS) is 21.9. The fourth-order valence-corrected chi connectivity index (χ4v) is 3.04. The van der Waals surface area contributed by atoms with Gasteiger partial charge in [-0.2, -0.15) is 5.10 Å². The number of carbonyl (C=O) groups excluding carboxylic acids is 3. The molecule has 0 aromatic heterocycles. The zero-order valence-corrected chi connectivity index (χ0v) is 13.6. The van der Waals surface area contributed by atoms with Crippen LogP contribution in [0, 0.1) is 0 Å². The largest absolute Gasteiger partial charge is 0.354 e. The van der Waals surface area contributed by atoms with Gasteiger partial charge in [0.25, 0.3) is 5.91 Å². The molecule has 2 aliphatic rings. The number of rotatable bonds is 2. The van der Waals surface area contributed by atoms with Gasteiger partial charge in [-0.15, -0.1) is 0 Å². The summed E-state index contributed by atoms with van der Waals surface area (Å²) in [5.41, 5.74) is 1.29. The first-order chi connectivity index (χ1) is 11.6. The lowest BCUT2D eigenvalue weighted by molar-refractivity contribution is -0.131. The lowest BCUT2D eigenvalue weighted by Gasteiger charge is -2.31. The van der Waals surface area contributed by atoms with Crippen LogP contribution in [0.25, 0.3) is 0 Å². The van der Waals surface area contributed by atoms with E-state index in [1.807, 2.05) is 30.3 Å². The average Bonchev–Trinajstić information content (AvgIpc) is 2.79. The molecule has 0 spiro atoms. The van der Waals surface area contributed by atoms with Gasteiger partial charge >= 0.3 is 0 Å². The number of amides is 3. The Labute approximate surface area is 140 Å². The molecule has 1 saturated heterocycles. The van der Waals surface area contributed by atoms with Gasteiger partial charge in [0.05, 0.1) is 12.5 Å². The van der Waals surface area contributed by atoms with Crippen LogP contribution in [0.15, 0.2) is 35.4 Å². The van der Waals surface area contributed by atoms with E-state index < -0.39 is 0 Å². The van der Waals surface area contributed by atoms with Crippen molar-refractivity contribution in [1.29, 1.82) is 0 Å². The summed E-state index contributed by atoms with van der Waals surface area (Å²) in [6, 6.07) is 9.20. The quantitative estimate of drug-likeness (QED) is 0.867. The minimum Gasteiger partial charge on any atom is -0.354 e. The third kappa shape index (κ3) is 3.29. The topological polar surface area (TPSA) is 82.1 Å². The molecular weight excluding hydrogens is 308 g/mol. The second-order valence-corrected chi connectivity index (χ2v) is 5.94. The SMILES string of the molecule is CN1N=C(C(=O)N2CCNC(=O)CC2c2ccccc2)CCC1=O. The standard InChI is InChI=1S/C17H20N4O3/c1-20-16(23)8-7-13(19-20)17(24)21-10-9-18-15(22)11-14(21)12-5-3-2-4-6-12/h2-6,14H,7-11H2,1H3,(H,18,22). The van der Waals surface area contributed by atoms with Gasteiger partial charge in [0.2, 0.25) is 11.8 Å². The first kappa shape index (κ1) is 16.2. The Balaban J connectivity index is 1.90. The predicted octanol–water partition coefficient (Wildman–Crippen LogP) is 0.684. The molecule has 7 nitrogen and oxygen atoms in total. The number of nitrogens with one attached hydrogen (secondary N) is 1. The minimum absolute atomic E-state index is 0.0722. The molecule has 1 fully saturated rings. The summed E-state index contributed by atoms with van der Waals surface area (Å²) < 4.78 is 0. The van der Waals surface area contributed by atoms with Crippen molar-refractivity contribution < 1.29 is 14.4 Å². The second-order valence-electron chi connectivity index (χ2n) is 5.94. The van der Waals surface area contributed by atoms with Gasteiger partial charge in [0.1, 0.15) is 5.71 Å². The molecular formula is C17H20N4O3. The number of benzene rings is 1. The van der Waals surface area contributed by atoms with E-state index in [4.69, 9.17) is 0 Å². The van der Waals surface area contributed by atoms with Crippen molar-refractivity contribution in [1.82, 2.24) is 15.2 Å². The van der Waals surface area contributed by atoms with Crippen LogP contribution in [-0.2, 0) is 14.4 Å². The van der Waals surface area contributed by atoms with Crippen LogP contribution in [0.4, 0.5) is 0 Å². The molecule has 1 aromatic rings. The van der Waals surface area contributed by atoms with E-state index in [1.165, 1.54) is 5.01 Å². The monoisotopic (exact) mass is 328 g/mol. The van der Waals surface area contributed by atoms with Gasteiger partial charge in [0.15, 0.2) is 0 Å². The number of carbonyl (C=O) groups is 3. The van der Waals surface area contributed by atoms with Crippen molar-refractivity contribution >= 4 is 23.4 Å². The Kier molecular flexibility index (Phi) is 4.59. The van der Waals surface area contributed by atoms with Gasteiger partial charge in [-0.1, -0.05) is 30.3 Å². The molecule has 2 aliphatic heterocycles. The first-order valence-electron chi connectivity index (χ1n) is 8.03. The predicted molar refractivity (Wildman–Crippen MR) is 88.0 cm³/mol. The van der Waals surface area contributed by atoms with Crippen molar-refractivity contribution in [2.45, 2.75) is 25.3 Å². The lowest BCUT2D eigenvalue weighted by atomic mass is 10.0. The Hall–Kier alpha value is -2.70. The van der Waals surface area contributed by atoms with Crippen LogP contribution in [0.1, 0.15) is 30.9 Å². The van der Waals surface area contributed by atoms with Crippen LogP contribution in [0.5, 0.6) is 0 Å². The summed E-state index contributed by atoms with van der Waals surface area (Å²) in [7, 11) is 1.55. The molecule has 0 bridgehead atoms. The number of hydrazone groups is 1. The highest BCUT2D eigenvalue weighted by molar-refractivity contribution is 6.39. The number of hydrogen-bond acceptors (Lipinski definition) is 4. The van der Waals surface area contributed by atoms with Crippen molar-refractivity contribution in [2.24, 2.45) is 5.10 Å². The van der Waals surface area contributed by atoms with Gasteiger partial charge in [-0.05, 0) is 5.56 Å². The zero-order chi connectivity index (χ0) is 17.1. The smallest absolute Gasteiger partial charge is 0.270 e. The second kappa shape index (κ2) is 6.82. The molecule has 0 aliphatic carbocycles. The van der Waals surface area contributed by atoms with E-state index in [0.717, 1.165) is 5.56 Å². The third-order valence-corrected chi connectivity index (χ3v) is 4.33. The Morgan fingerprint density at radius 2 is 1.96 bits per heavy atom. The molecule has 1 atom stereocenters. The van der Waals surface area contributed by atoms with Crippen molar-refractivity contribution in [3.05, 3.63) is 35.9 Å². The first-order valence-corrected chi connectivity index (χ1v) is 8.03. The molecule has 24 heavy (non-hydrogen) atoms. The minimum atomic E-state index is -0.327. The van der Waals surface area contributed by atoms with E-state index in [2.05, 4.69) is 10.4 Å². The molecule has 2 heterocycles. The molecule has 126 valence electrons. The van der Waals surface area contributed by atoms with Crippen molar-refractivity contribution in [2.75, 3.05) is 20.1 Å². The van der Waals surface area contributed by atoms with Crippen molar-refractivity contribution in [3.8, 4) is 0 Å². The fourth-order valence-electron chi connectivity index (χ4n) is 3.04. The number of hydrogen-bond donors (Lipinski definition) is 1. The van der Waals surface area contributed by atoms with E-state index >= 15 is 0 Å². The fraction of sp³-hybridized carbons (Fsp3) is 0.412. The zero-order valence-electron chi connectivity index (χ0n) is 13.6. The Morgan fingerprint density at radius 3 is 2.67 bits per heavy atom. The number of nitrogens with zero attached hydrogens (tertiary/aromatic N) is 3. The summed E-state index contributed by atoms with van der Waals surface area (Å²) >= 11 is 0. The van der Waals surface area contributed by atoms with E-state index in [1.54, 1.807) is 11.9 Å². The van der Waals surface area contributed by atoms with Crippen molar-refractivity contribution in [3.63, 3.8) is 0 Å². The Morgan fingerprint density at radius 1 is 1.21 bits per heavy atom. The van der Waals surface area contributed by atoms with Crippen LogP contribution in [-0.4, -0.2) is 53.5 Å². The van der Waals surface area contributed by atoms with E-state index in [0.29, 0.717) is 25.2 Å². The van der Waals surface area contributed by atoms with E-state index in [9.17, 15) is 14.4 Å². The van der Waals surface area contributed by atoms with Crippen LogP contribution in [0.3, 0.4) is 0 Å². The summed E-state index contributed by atoms with van der Waals surface area (Å²) in [5, 5.41) is 8.15. The third-order valence-electron chi connectivity index (χ3n) is 4.33. The highest BCUT2D eigenvalue weighted by Crippen LogP contribution is 2.26. The maximum absolute atomic E-state index is 13.0. The molecule has 1 unspecified atom stereocenters. The molecule has 3 amide bonds. The summed E-state index contributed by atoms with van der Waals surface area (Å²) in [5.74, 6) is -0.379. The van der Waals surface area contributed by atoms with Gasteiger partial charge in [-0.25, -0.2) is 5.01 Å². The Bertz CT molecular complexity index is 686. The summed E-state index contributed by atoms with van der Waals surface area (Å²) in [4.78, 5) is 38.2. The molecule has 3 rings (SSSR count). The van der Waals surface area contributed by atoms with Gasteiger partial charge in [-0.3, -0.25) is 14.4 Å². The highest BCUT2D eigenvalue weighted by Gasteiger charge is 2.33. The van der Waals surface area contributed by atoms with Crippen LogP contribution >= 0.6 is 0 Å². The maximum Gasteiger partial charge on any atom is 0.270 e. The molecule has 1 aromatic carbocycles. The lowest BCUT2D eigenvalue weighted by Crippen LogP contribution is -2.43. The van der Waals surface area contributed by atoms with Crippen LogP contribution < -0.4 is 5.32 Å².